The molecule has 1 aromatic heterocycles. The molecule has 0 bridgehead atoms. The maximum absolute atomic E-state index is 12.4. The minimum absolute atomic E-state index is 0.276. The summed E-state index contributed by atoms with van der Waals surface area (Å²) in [7, 11) is 1.58. The molecule has 0 spiro atoms. The number of alkyl halides is 2. The first-order valence-electron chi connectivity index (χ1n) is 5.76. The zero-order chi connectivity index (χ0) is 14.1. The van der Waals surface area contributed by atoms with Crippen molar-refractivity contribution in [2.75, 3.05) is 24.2 Å². The summed E-state index contributed by atoms with van der Waals surface area (Å²) in [6.07, 6.45) is -2.41. The highest BCUT2D eigenvalue weighted by Crippen LogP contribution is 2.26. The summed E-state index contributed by atoms with van der Waals surface area (Å²) >= 11 is 0. The second-order valence-corrected chi connectivity index (χ2v) is 5.40. The molecule has 0 atom stereocenters. The number of hydrogen-bond acceptors (Lipinski definition) is 4. The molecule has 0 radical (unpaired) electrons. The fourth-order valence-corrected chi connectivity index (χ4v) is 1.52. The predicted octanol–water partition coefficient (Wildman–Crippen LogP) is 2.37. The quantitative estimate of drug-likeness (QED) is 0.904. The predicted molar refractivity (Wildman–Crippen MR) is 69.2 cm³/mol. The lowest BCUT2D eigenvalue weighted by Gasteiger charge is -2.24. The Hall–Kier alpha value is -1.46. The molecule has 0 aliphatic heterocycles. The zero-order valence-corrected chi connectivity index (χ0v) is 11.5. The van der Waals surface area contributed by atoms with Gasteiger partial charge in [-0.1, -0.05) is 20.8 Å². The summed E-state index contributed by atoms with van der Waals surface area (Å²) in [5.74, 6) is 1.36. The van der Waals surface area contributed by atoms with E-state index in [-0.39, 0.29) is 12.0 Å². The van der Waals surface area contributed by atoms with Gasteiger partial charge in [-0.3, -0.25) is 0 Å². The van der Waals surface area contributed by atoms with Crippen LogP contribution in [0.5, 0.6) is 0 Å². The van der Waals surface area contributed by atoms with Gasteiger partial charge in [0.25, 0.3) is 6.43 Å². The fraction of sp³-hybridized carbons (Fsp3) is 0.667. The topological polar surface area (TPSA) is 55.0 Å². The summed E-state index contributed by atoms with van der Waals surface area (Å²) in [6.45, 7) is 7.22. The highest BCUT2D eigenvalue weighted by atomic mass is 19.3. The third-order valence-electron chi connectivity index (χ3n) is 2.60. The zero-order valence-electron chi connectivity index (χ0n) is 11.5. The van der Waals surface area contributed by atoms with Gasteiger partial charge in [-0.05, 0) is 6.92 Å². The Bertz CT molecular complexity index is 427. The number of hydrogen-bond donors (Lipinski definition) is 1. The average Bonchev–Trinajstić information content (AvgIpc) is 2.18. The number of nitrogen functional groups attached to an aromatic ring is 1. The first-order chi connectivity index (χ1) is 8.12. The maximum atomic E-state index is 12.4. The third kappa shape index (κ3) is 3.27. The molecule has 0 fully saturated rings. The minimum atomic E-state index is -2.41. The Kier molecular flexibility index (Phi) is 4.09. The molecule has 0 aliphatic rings. The molecule has 0 amide bonds. The van der Waals surface area contributed by atoms with E-state index < -0.39 is 6.43 Å². The van der Waals surface area contributed by atoms with E-state index in [4.69, 9.17) is 5.73 Å². The molecule has 0 aliphatic carbocycles. The van der Waals surface area contributed by atoms with Crippen LogP contribution in [-0.2, 0) is 5.41 Å². The number of anilines is 2. The Labute approximate surface area is 106 Å². The summed E-state index contributed by atoms with van der Waals surface area (Å²) in [4.78, 5) is 9.99. The van der Waals surface area contributed by atoms with Gasteiger partial charge in [0, 0.05) is 18.0 Å². The monoisotopic (exact) mass is 258 g/mol. The molecule has 0 unspecified atom stereocenters. The number of rotatable bonds is 3. The van der Waals surface area contributed by atoms with Crippen LogP contribution in [0.2, 0.25) is 0 Å². The van der Waals surface area contributed by atoms with E-state index in [1.165, 1.54) is 4.90 Å². The molecule has 102 valence electrons. The van der Waals surface area contributed by atoms with Crippen LogP contribution in [0.3, 0.4) is 0 Å². The summed E-state index contributed by atoms with van der Waals surface area (Å²) in [6, 6.07) is 0. The molecule has 0 aromatic carbocycles. The average molecular weight is 258 g/mol. The summed E-state index contributed by atoms with van der Waals surface area (Å²) in [5.41, 5.74) is 6.18. The van der Waals surface area contributed by atoms with Crippen molar-refractivity contribution < 1.29 is 8.78 Å². The van der Waals surface area contributed by atoms with Crippen molar-refractivity contribution in [3.05, 3.63) is 11.4 Å². The number of aromatic nitrogens is 2. The standard InChI is InChI=1S/C12H20F2N4/c1-7-9(15)16-11(12(2,3)4)17-10(7)18(5)6-8(13)14/h8H,6H2,1-5H3,(H2,15,16,17). The largest absolute Gasteiger partial charge is 0.383 e. The van der Waals surface area contributed by atoms with Gasteiger partial charge in [-0.15, -0.1) is 0 Å². The van der Waals surface area contributed by atoms with E-state index in [0.29, 0.717) is 23.0 Å². The molecule has 6 heteroatoms. The highest BCUT2D eigenvalue weighted by Gasteiger charge is 2.22. The van der Waals surface area contributed by atoms with Crippen LogP contribution in [0.1, 0.15) is 32.2 Å². The molecule has 1 heterocycles. The maximum Gasteiger partial charge on any atom is 0.255 e. The van der Waals surface area contributed by atoms with Gasteiger partial charge in [-0.25, -0.2) is 18.7 Å². The van der Waals surface area contributed by atoms with Gasteiger partial charge in [0.15, 0.2) is 0 Å². The smallest absolute Gasteiger partial charge is 0.255 e. The number of halogens is 2. The lowest BCUT2D eigenvalue weighted by atomic mass is 9.95. The van der Waals surface area contributed by atoms with Crippen LogP contribution in [0.15, 0.2) is 0 Å². The summed E-state index contributed by atoms with van der Waals surface area (Å²) < 4.78 is 24.8. The van der Waals surface area contributed by atoms with Gasteiger partial charge >= 0.3 is 0 Å². The first-order valence-corrected chi connectivity index (χ1v) is 5.76. The Balaban J connectivity index is 3.22. The molecular weight excluding hydrogens is 238 g/mol. The van der Waals surface area contributed by atoms with E-state index in [2.05, 4.69) is 9.97 Å². The second-order valence-electron chi connectivity index (χ2n) is 5.40. The van der Waals surface area contributed by atoms with Crippen LogP contribution in [-0.4, -0.2) is 30.0 Å². The van der Waals surface area contributed by atoms with Crippen LogP contribution in [0.4, 0.5) is 20.4 Å². The molecule has 1 rings (SSSR count). The lowest BCUT2D eigenvalue weighted by molar-refractivity contribution is 0.156. The molecule has 4 nitrogen and oxygen atoms in total. The fourth-order valence-electron chi connectivity index (χ4n) is 1.52. The number of nitrogens with zero attached hydrogens (tertiary/aromatic N) is 3. The van der Waals surface area contributed by atoms with Crippen LogP contribution in [0, 0.1) is 6.92 Å². The van der Waals surface area contributed by atoms with Crippen molar-refractivity contribution in [3.63, 3.8) is 0 Å². The van der Waals surface area contributed by atoms with Crippen molar-refractivity contribution in [2.24, 2.45) is 0 Å². The molecule has 2 N–H and O–H groups in total. The van der Waals surface area contributed by atoms with E-state index in [9.17, 15) is 8.78 Å². The Morgan fingerprint density at radius 2 is 1.83 bits per heavy atom. The van der Waals surface area contributed by atoms with E-state index in [1.54, 1.807) is 14.0 Å². The van der Waals surface area contributed by atoms with Crippen LogP contribution >= 0.6 is 0 Å². The van der Waals surface area contributed by atoms with Gasteiger partial charge in [0.05, 0.1) is 6.54 Å². The Morgan fingerprint density at radius 1 is 1.28 bits per heavy atom. The molecule has 0 saturated carbocycles. The van der Waals surface area contributed by atoms with E-state index in [1.807, 2.05) is 20.8 Å². The van der Waals surface area contributed by atoms with Crippen LogP contribution < -0.4 is 10.6 Å². The van der Waals surface area contributed by atoms with E-state index in [0.717, 1.165) is 0 Å². The Morgan fingerprint density at radius 3 is 2.28 bits per heavy atom. The molecule has 18 heavy (non-hydrogen) atoms. The molecule has 0 saturated heterocycles. The SMILES string of the molecule is Cc1c(N)nc(C(C)(C)C)nc1N(C)CC(F)F. The van der Waals surface area contributed by atoms with Crippen molar-refractivity contribution >= 4 is 11.6 Å². The molecular formula is C12H20F2N4. The van der Waals surface area contributed by atoms with Gasteiger partial charge in [-0.2, -0.15) is 0 Å². The van der Waals surface area contributed by atoms with Crippen molar-refractivity contribution in [1.82, 2.24) is 9.97 Å². The normalized spacial score (nSPS) is 12.0. The van der Waals surface area contributed by atoms with Crippen molar-refractivity contribution in [2.45, 2.75) is 39.5 Å². The van der Waals surface area contributed by atoms with Gasteiger partial charge in [0.1, 0.15) is 17.5 Å². The summed E-state index contributed by atoms with van der Waals surface area (Å²) in [5, 5.41) is 0. The van der Waals surface area contributed by atoms with Gasteiger partial charge in [0.2, 0.25) is 0 Å². The third-order valence-corrected chi connectivity index (χ3v) is 2.60. The lowest BCUT2D eigenvalue weighted by Crippen LogP contribution is -2.28. The van der Waals surface area contributed by atoms with Crippen molar-refractivity contribution in [1.29, 1.82) is 0 Å². The highest BCUT2D eigenvalue weighted by molar-refractivity contribution is 5.56. The van der Waals surface area contributed by atoms with Gasteiger partial charge < -0.3 is 10.6 Å². The second kappa shape index (κ2) is 5.04. The van der Waals surface area contributed by atoms with E-state index >= 15 is 0 Å². The van der Waals surface area contributed by atoms with Crippen LogP contribution in [0.25, 0.3) is 0 Å². The minimum Gasteiger partial charge on any atom is -0.383 e. The number of nitrogens with two attached hydrogens (primary N) is 1. The molecule has 1 aromatic rings. The first kappa shape index (κ1) is 14.6. The van der Waals surface area contributed by atoms with Crippen molar-refractivity contribution in [3.8, 4) is 0 Å².